The van der Waals surface area contributed by atoms with Gasteiger partial charge in [0.15, 0.2) is 17.5 Å². The molecule has 2 aliphatic rings. The summed E-state index contributed by atoms with van der Waals surface area (Å²) in [5, 5.41) is 3.15. The van der Waals surface area contributed by atoms with Crippen LogP contribution in [0.25, 0.3) is 0 Å². The predicted molar refractivity (Wildman–Crippen MR) is 106 cm³/mol. The number of nitrogens with zero attached hydrogens (tertiary/aromatic N) is 1. The number of nitrogens with two attached hydrogens (primary N) is 1. The van der Waals surface area contributed by atoms with Gasteiger partial charge in [-0.05, 0) is 43.2 Å². The number of benzene rings is 2. The van der Waals surface area contributed by atoms with Crippen molar-refractivity contribution in [3.63, 3.8) is 0 Å². The van der Waals surface area contributed by atoms with E-state index < -0.39 is 0 Å². The van der Waals surface area contributed by atoms with E-state index in [0.717, 1.165) is 35.8 Å². The molecular weight excluding hydrogens is 342 g/mol. The third kappa shape index (κ3) is 4.27. The van der Waals surface area contributed by atoms with E-state index in [0.29, 0.717) is 31.7 Å². The Morgan fingerprint density at radius 3 is 2.89 bits per heavy atom. The number of fused-ring (bicyclic) bond motifs is 1. The van der Waals surface area contributed by atoms with Gasteiger partial charge in [-0.3, -0.25) is 0 Å². The fourth-order valence-corrected chi connectivity index (χ4v) is 3.28. The molecule has 0 unspecified atom stereocenters. The molecule has 2 aromatic rings. The van der Waals surface area contributed by atoms with Gasteiger partial charge in [-0.2, -0.15) is 0 Å². The molecule has 6 nitrogen and oxygen atoms in total. The highest BCUT2D eigenvalue weighted by Crippen LogP contribution is 2.44. The minimum absolute atomic E-state index is 0.204. The van der Waals surface area contributed by atoms with Gasteiger partial charge in [0.25, 0.3) is 0 Å². The molecule has 2 atom stereocenters. The number of aliphatic imine (C=N–C) groups is 1. The van der Waals surface area contributed by atoms with Crippen molar-refractivity contribution in [3.05, 3.63) is 48.0 Å². The van der Waals surface area contributed by atoms with Gasteiger partial charge in [0.1, 0.15) is 5.75 Å². The number of guanidine groups is 1. The third-order valence-electron chi connectivity index (χ3n) is 4.68. The Morgan fingerprint density at radius 2 is 2.04 bits per heavy atom. The van der Waals surface area contributed by atoms with Gasteiger partial charge < -0.3 is 25.3 Å². The molecule has 3 N–H and O–H groups in total. The summed E-state index contributed by atoms with van der Waals surface area (Å²) in [5.41, 5.74) is 8.21. The second-order valence-electron chi connectivity index (χ2n) is 6.77. The van der Waals surface area contributed by atoms with Gasteiger partial charge in [-0.1, -0.05) is 12.1 Å². The molecule has 0 bridgehead atoms. The standard InChI is InChI=1S/C21H25N3O3/c1-2-25-16-6-3-5-14(11-16)17-13-18(17)24-21(22)23-15-7-8-19-20(12-15)27-10-4-9-26-19/h3,5-8,11-12,17-18H,2,4,9-10,13H2,1H3,(H3,22,23,24)/t17-,18+/m0/s1. The second kappa shape index (κ2) is 7.78. The molecule has 1 fully saturated rings. The number of ether oxygens (including phenoxy) is 3. The van der Waals surface area contributed by atoms with Crippen LogP contribution in [0.4, 0.5) is 5.69 Å². The number of nitrogens with one attached hydrogen (secondary N) is 1. The quantitative estimate of drug-likeness (QED) is 0.624. The summed E-state index contributed by atoms with van der Waals surface area (Å²) in [4.78, 5) is 4.62. The van der Waals surface area contributed by atoms with Crippen molar-refractivity contribution in [2.75, 3.05) is 25.1 Å². The first kappa shape index (κ1) is 17.5. The second-order valence-corrected chi connectivity index (χ2v) is 6.77. The summed E-state index contributed by atoms with van der Waals surface area (Å²) in [7, 11) is 0. The minimum Gasteiger partial charge on any atom is -0.494 e. The Bertz CT molecular complexity index is 837. The van der Waals surface area contributed by atoms with E-state index in [2.05, 4.69) is 22.4 Å². The average Bonchev–Trinajstić information content (AvgIpc) is 3.45. The predicted octanol–water partition coefficient (Wildman–Crippen LogP) is 3.53. The third-order valence-corrected chi connectivity index (χ3v) is 4.68. The van der Waals surface area contributed by atoms with Crippen molar-refractivity contribution in [2.45, 2.75) is 31.7 Å². The van der Waals surface area contributed by atoms with Crippen LogP contribution in [0.5, 0.6) is 17.2 Å². The summed E-state index contributed by atoms with van der Waals surface area (Å²) in [6.07, 6.45) is 1.88. The van der Waals surface area contributed by atoms with Crippen LogP contribution in [0.15, 0.2) is 47.5 Å². The molecule has 1 heterocycles. The Labute approximate surface area is 159 Å². The van der Waals surface area contributed by atoms with Crippen molar-refractivity contribution < 1.29 is 14.2 Å². The molecule has 0 saturated heterocycles. The van der Waals surface area contributed by atoms with E-state index in [1.807, 2.05) is 37.3 Å². The molecule has 2 aromatic carbocycles. The molecule has 142 valence electrons. The van der Waals surface area contributed by atoms with Crippen LogP contribution >= 0.6 is 0 Å². The van der Waals surface area contributed by atoms with Gasteiger partial charge >= 0.3 is 0 Å². The number of hydrogen-bond donors (Lipinski definition) is 2. The van der Waals surface area contributed by atoms with Crippen LogP contribution in [-0.2, 0) is 0 Å². The zero-order chi connectivity index (χ0) is 18.6. The molecule has 4 rings (SSSR count). The van der Waals surface area contributed by atoms with Crippen LogP contribution in [0.2, 0.25) is 0 Å². The lowest BCUT2D eigenvalue weighted by atomic mass is 10.1. The van der Waals surface area contributed by atoms with Gasteiger partial charge in [-0.15, -0.1) is 0 Å². The SMILES string of the molecule is CCOc1cccc([C@@H]2C[C@H]2N=C(N)Nc2ccc3c(c2)OCCCO3)c1. The highest BCUT2D eigenvalue weighted by atomic mass is 16.5. The molecule has 0 amide bonds. The van der Waals surface area contributed by atoms with Gasteiger partial charge in [-0.25, -0.2) is 4.99 Å². The van der Waals surface area contributed by atoms with Crippen LogP contribution < -0.4 is 25.3 Å². The maximum atomic E-state index is 6.11. The average molecular weight is 367 g/mol. The lowest BCUT2D eigenvalue weighted by molar-refractivity contribution is 0.297. The van der Waals surface area contributed by atoms with E-state index in [4.69, 9.17) is 19.9 Å². The topological polar surface area (TPSA) is 78.1 Å². The van der Waals surface area contributed by atoms with E-state index >= 15 is 0 Å². The van der Waals surface area contributed by atoms with E-state index in [1.54, 1.807) is 0 Å². The lowest BCUT2D eigenvalue weighted by Gasteiger charge is -2.10. The van der Waals surface area contributed by atoms with Crippen molar-refractivity contribution in [2.24, 2.45) is 10.7 Å². The van der Waals surface area contributed by atoms with E-state index in [1.165, 1.54) is 5.56 Å². The van der Waals surface area contributed by atoms with Gasteiger partial charge in [0.05, 0.1) is 25.9 Å². The van der Waals surface area contributed by atoms with Crippen LogP contribution in [0.1, 0.15) is 31.2 Å². The zero-order valence-electron chi connectivity index (χ0n) is 15.5. The maximum Gasteiger partial charge on any atom is 0.193 e. The van der Waals surface area contributed by atoms with Crippen molar-refractivity contribution in [1.82, 2.24) is 0 Å². The van der Waals surface area contributed by atoms with Gasteiger partial charge in [0, 0.05) is 24.1 Å². The summed E-state index contributed by atoms with van der Waals surface area (Å²) < 4.78 is 16.9. The Morgan fingerprint density at radius 1 is 1.19 bits per heavy atom. The summed E-state index contributed by atoms with van der Waals surface area (Å²) >= 11 is 0. The molecule has 6 heteroatoms. The zero-order valence-corrected chi connectivity index (χ0v) is 15.5. The smallest absolute Gasteiger partial charge is 0.193 e. The highest BCUT2D eigenvalue weighted by molar-refractivity contribution is 5.92. The normalized spacial score (nSPS) is 21.3. The lowest BCUT2D eigenvalue weighted by Crippen LogP contribution is -2.23. The summed E-state index contributed by atoms with van der Waals surface area (Å²) in [6, 6.07) is 14.1. The summed E-state index contributed by atoms with van der Waals surface area (Å²) in [5.74, 6) is 3.22. The maximum absolute atomic E-state index is 6.11. The van der Waals surface area contributed by atoms with Crippen molar-refractivity contribution >= 4 is 11.6 Å². The molecule has 1 aliphatic heterocycles. The first-order valence-corrected chi connectivity index (χ1v) is 9.45. The van der Waals surface area contributed by atoms with Gasteiger partial charge in [0.2, 0.25) is 0 Å². The monoisotopic (exact) mass is 367 g/mol. The Hall–Kier alpha value is -2.89. The highest BCUT2D eigenvalue weighted by Gasteiger charge is 2.38. The molecule has 1 aliphatic carbocycles. The van der Waals surface area contributed by atoms with E-state index in [9.17, 15) is 0 Å². The number of rotatable bonds is 5. The molecular formula is C21H25N3O3. The van der Waals surface area contributed by atoms with Crippen LogP contribution in [0.3, 0.4) is 0 Å². The van der Waals surface area contributed by atoms with Crippen LogP contribution in [-0.4, -0.2) is 31.8 Å². The minimum atomic E-state index is 0.204. The molecule has 0 radical (unpaired) electrons. The number of hydrogen-bond acceptors (Lipinski definition) is 4. The van der Waals surface area contributed by atoms with Crippen molar-refractivity contribution in [1.29, 1.82) is 0 Å². The Balaban J connectivity index is 1.39. The molecule has 0 aromatic heterocycles. The first-order chi connectivity index (χ1) is 13.2. The first-order valence-electron chi connectivity index (χ1n) is 9.45. The molecule has 27 heavy (non-hydrogen) atoms. The fourth-order valence-electron chi connectivity index (χ4n) is 3.28. The molecule has 1 saturated carbocycles. The number of anilines is 1. The Kier molecular flexibility index (Phi) is 5.05. The molecule has 0 spiro atoms. The van der Waals surface area contributed by atoms with Crippen LogP contribution in [0, 0.1) is 0 Å². The van der Waals surface area contributed by atoms with E-state index in [-0.39, 0.29) is 6.04 Å². The largest absolute Gasteiger partial charge is 0.494 e. The fraction of sp³-hybridized carbons (Fsp3) is 0.381. The van der Waals surface area contributed by atoms with Crippen molar-refractivity contribution in [3.8, 4) is 17.2 Å². The summed E-state index contributed by atoms with van der Waals surface area (Å²) in [6.45, 7) is 3.99.